The first-order valence-electron chi connectivity index (χ1n) is 7.25. The fourth-order valence-corrected chi connectivity index (χ4v) is 2.55. The van der Waals surface area contributed by atoms with E-state index in [0.717, 1.165) is 19.3 Å². The van der Waals surface area contributed by atoms with Crippen LogP contribution in [0.2, 0.25) is 0 Å². The molecule has 0 saturated heterocycles. The molecule has 2 N–H and O–H groups in total. The lowest BCUT2D eigenvalue weighted by atomic mass is 10.2. The second kappa shape index (κ2) is 8.33. The quantitative estimate of drug-likeness (QED) is 0.732. The molecular formula is C15H19N3O3S. The number of hydrogen-bond donors (Lipinski definition) is 2. The molecule has 2 heterocycles. The Kier molecular flexibility index (Phi) is 6.14. The smallest absolute Gasteiger partial charge is 0.293 e. The molecular weight excluding hydrogens is 302 g/mol. The van der Waals surface area contributed by atoms with Gasteiger partial charge in [-0.3, -0.25) is 14.9 Å². The molecule has 0 spiro atoms. The molecule has 2 aromatic rings. The van der Waals surface area contributed by atoms with Crippen molar-refractivity contribution in [1.29, 1.82) is 0 Å². The lowest BCUT2D eigenvalue weighted by Gasteiger charge is -2.02. The summed E-state index contributed by atoms with van der Waals surface area (Å²) in [5.74, 6) is -0.175. The number of rotatable bonds is 8. The van der Waals surface area contributed by atoms with Crippen LogP contribution in [-0.4, -0.2) is 23.3 Å². The molecule has 0 bridgehead atoms. The molecule has 7 heteroatoms. The summed E-state index contributed by atoms with van der Waals surface area (Å²) in [6.45, 7) is 2.81. The number of amides is 2. The minimum absolute atomic E-state index is 0.0506. The van der Waals surface area contributed by atoms with E-state index in [9.17, 15) is 9.59 Å². The number of carbonyl (C=O) groups excluding carboxylic acids is 2. The number of nitrogens with zero attached hydrogens (tertiary/aromatic N) is 1. The standard InChI is InChI=1S/C15H19N3O3S/c1-2-3-4-7-16-13(19)9-11-10-22-15(17-11)18-14(20)12-6-5-8-21-12/h5-6,8,10H,2-4,7,9H2,1H3,(H,16,19)(H,17,18,20). The SMILES string of the molecule is CCCCCNC(=O)Cc1csc(NC(=O)c2ccco2)n1. The van der Waals surface area contributed by atoms with Crippen LogP contribution in [0, 0.1) is 0 Å². The van der Waals surface area contributed by atoms with Gasteiger partial charge >= 0.3 is 0 Å². The van der Waals surface area contributed by atoms with Crippen molar-refractivity contribution in [3.8, 4) is 0 Å². The van der Waals surface area contributed by atoms with E-state index in [2.05, 4.69) is 22.5 Å². The van der Waals surface area contributed by atoms with Gasteiger partial charge in [0.15, 0.2) is 10.9 Å². The van der Waals surface area contributed by atoms with Gasteiger partial charge in [-0.2, -0.15) is 0 Å². The van der Waals surface area contributed by atoms with Gasteiger partial charge < -0.3 is 9.73 Å². The summed E-state index contributed by atoms with van der Waals surface area (Å²) in [7, 11) is 0. The highest BCUT2D eigenvalue weighted by Gasteiger charge is 2.12. The van der Waals surface area contributed by atoms with Crippen LogP contribution in [0.3, 0.4) is 0 Å². The van der Waals surface area contributed by atoms with E-state index >= 15 is 0 Å². The van der Waals surface area contributed by atoms with Gasteiger partial charge in [0.1, 0.15) is 0 Å². The third-order valence-electron chi connectivity index (χ3n) is 2.96. The molecule has 22 heavy (non-hydrogen) atoms. The Labute approximate surface area is 132 Å². The number of nitrogens with one attached hydrogen (secondary N) is 2. The number of aromatic nitrogens is 1. The first-order chi connectivity index (χ1) is 10.7. The topological polar surface area (TPSA) is 84.2 Å². The van der Waals surface area contributed by atoms with Crippen LogP contribution in [0.15, 0.2) is 28.2 Å². The van der Waals surface area contributed by atoms with E-state index < -0.39 is 0 Å². The molecule has 0 aromatic carbocycles. The minimum atomic E-state index is -0.352. The Morgan fingerprint density at radius 1 is 1.36 bits per heavy atom. The number of anilines is 1. The zero-order valence-corrected chi connectivity index (χ0v) is 13.2. The van der Waals surface area contributed by atoms with Crippen LogP contribution in [0.25, 0.3) is 0 Å². The van der Waals surface area contributed by atoms with Crippen molar-refractivity contribution in [2.45, 2.75) is 32.6 Å². The van der Waals surface area contributed by atoms with Crippen molar-refractivity contribution < 1.29 is 14.0 Å². The highest BCUT2D eigenvalue weighted by molar-refractivity contribution is 7.14. The molecule has 0 fully saturated rings. The summed E-state index contributed by atoms with van der Waals surface area (Å²) in [6, 6.07) is 3.22. The van der Waals surface area contributed by atoms with Crippen LogP contribution >= 0.6 is 11.3 Å². The van der Waals surface area contributed by atoms with Crippen molar-refractivity contribution >= 4 is 28.3 Å². The average Bonchev–Trinajstić information content (AvgIpc) is 3.15. The zero-order chi connectivity index (χ0) is 15.8. The lowest BCUT2D eigenvalue weighted by molar-refractivity contribution is -0.120. The van der Waals surface area contributed by atoms with Crippen LogP contribution in [-0.2, 0) is 11.2 Å². The first-order valence-corrected chi connectivity index (χ1v) is 8.13. The van der Waals surface area contributed by atoms with Gasteiger partial charge in [-0.15, -0.1) is 11.3 Å². The average molecular weight is 321 g/mol. The number of thiazole rings is 1. The lowest BCUT2D eigenvalue weighted by Crippen LogP contribution is -2.26. The molecule has 0 unspecified atom stereocenters. The summed E-state index contributed by atoms with van der Waals surface area (Å²) in [4.78, 5) is 27.8. The summed E-state index contributed by atoms with van der Waals surface area (Å²) < 4.78 is 5.00. The second-order valence-corrected chi connectivity index (χ2v) is 5.67. The molecule has 6 nitrogen and oxygen atoms in total. The van der Waals surface area contributed by atoms with Crippen LogP contribution in [0.4, 0.5) is 5.13 Å². The van der Waals surface area contributed by atoms with Crippen molar-refractivity contribution in [3.63, 3.8) is 0 Å². The van der Waals surface area contributed by atoms with Crippen LogP contribution in [0.1, 0.15) is 42.4 Å². The normalized spacial score (nSPS) is 10.4. The van der Waals surface area contributed by atoms with Crippen molar-refractivity contribution in [1.82, 2.24) is 10.3 Å². The van der Waals surface area contributed by atoms with E-state index in [1.165, 1.54) is 17.6 Å². The second-order valence-electron chi connectivity index (χ2n) is 4.81. The van der Waals surface area contributed by atoms with Gasteiger partial charge in [-0.05, 0) is 18.6 Å². The Hall–Kier alpha value is -2.15. The maximum absolute atomic E-state index is 11.8. The van der Waals surface area contributed by atoms with Gasteiger partial charge in [0.25, 0.3) is 5.91 Å². The molecule has 0 atom stereocenters. The fraction of sp³-hybridized carbons (Fsp3) is 0.400. The number of carbonyl (C=O) groups is 2. The monoisotopic (exact) mass is 321 g/mol. The van der Waals surface area contributed by atoms with E-state index in [1.54, 1.807) is 17.5 Å². The number of furan rings is 1. The van der Waals surface area contributed by atoms with Gasteiger partial charge in [-0.1, -0.05) is 19.8 Å². The van der Waals surface area contributed by atoms with Gasteiger partial charge in [0.2, 0.25) is 5.91 Å². The largest absolute Gasteiger partial charge is 0.459 e. The van der Waals surface area contributed by atoms with Crippen molar-refractivity contribution in [2.24, 2.45) is 0 Å². The number of hydrogen-bond acceptors (Lipinski definition) is 5. The van der Waals surface area contributed by atoms with Crippen LogP contribution in [0.5, 0.6) is 0 Å². The van der Waals surface area contributed by atoms with Crippen LogP contribution < -0.4 is 10.6 Å². The van der Waals surface area contributed by atoms with Crippen molar-refractivity contribution in [2.75, 3.05) is 11.9 Å². The molecule has 0 aliphatic heterocycles. The molecule has 2 amide bonds. The van der Waals surface area contributed by atoms with Gasteiger partial charge in [0, 0.05) is 11.9 Å². The Morgan fingerprint density at radius 2 is 2.23 bits per heavy atom. The Morgan fingerprint density at radius 3 is 2.95 bits per heavy atom. The third kappa shape index (κ3) is 5.00. The molecule has 2 aromatic heterocycles. The minimum Gasteiger partial charge on any atom is -0.459 e. The maximum Gasteiger partial charge on any atom is 0.293 e. The van der Waals surface area contributed by atoms with E-state index in [1.807, 2.05) is 0 Å². The molecule has 118 valence electrons. The maximum atomic E-state index is 11.8. The summed E-state index contributed by atoms with van der Waals surface area (Å²) in [6.07, 6.45) is 4.88. The highest BCUT2D eigenvalue weighted by atomic mass is 32.1. The van der Waals surface area contributed by atoms with Gasteiger partial charge in [0.05, 0.1) is 18.4 Å². The Bertz CT molecular complexity index is 607. The summed E-state index contributed by atoms with van der Waals surface area (Å²) in [5, 5.41) is 7.72. The molecule has 0 radical (unpaired) electrons. The Balaban J connectivity index is 1.78. The first kappa shape index (κ1) is 16.2. The molecule has 0 saturated carbocycles. The third-order valence-corrected chi connectivity index (χ3v) is 3.77. The predicted octanol–water partition coefficient (Wildman–Crippen LogP) is 2.84. The van der Waals surface area contributed by atoms with E-state index in [0.29, 0.717) is 17.4 Å². The highest BCUT2D eigenvalue weighted by Crippen LogP contribution is 2.17. The van der Waals surface area contributed by atoms with Crippen molar-refractivity contribution in [3.05, 3.63) is 35.2 Å². The van der Waals surface area contributed by atoms with E-state index in [4.69, 9.17) is 4.42 Å². The molecule has 2 rings (SSSR count). The predicted molar refractivity (Wildman–Crippen MR) is 85.0 cm³/mol. The summed E-state index contributed by atoms with van der Waals surface area (Å²) >= 11 is 1.28. The fourth-order valence-electron chi connectivity index (χ4n) is 1.84. The van der Waals surface area contributed by atoms with E-state index in [-0.39, 0.29) is 24.0 Å². The molecule has 0 aliphatic rings. The number of unbranched alkanes of at least 4 members (excludes halogenated alkanes) is 2. The zero-order valence-electron chi connectivity index (χ0n) is 12.4. The van der Waals surface area contributed by atoms with Gasteiger partial charge in [-0.25, -0.2) is 4.98 Å². The molecule has 0 aliphatic carbocycles. The summed E-state index contributed by atoms with van der Waals surface area (Å²) in [5.41, 5.74) is 0.646.